The summed E-state index contributed by atoms with van der Waals surface area (Å²) >= 11 is 6.19. The van der Waals surface area contributed by atoms with Crippen LogP contribution >= 0.6 is 11.6 Å². The number of fused-ring (bicyclic) bond motifs is 2. The summed E-state index contributed by atoms with van der Waals surface area (Å²) < 4.78 is 0. The van der Waals surface area contributed by atoms with E-state index >= 15 is 0 Å². The summed E-state index contributed by atoms with van der Waals surface area (Å²) in [5, 5.41) is 3.34. The van der Waals surface area contributed by atoms with Gasteiger partial charge in [0.25, 0.3) is 5.91 Å². The lowest BCUT2D eigenvalue weighted by atomic mass is 9.86. The van der Waals surface area contributed by atoms with Gasteiger partial charge in [-0.2, -0.15) is 0 Å². The number of benzene rings is 3. The SMILES string of the molecule is CCCC(C)(C)C(=O)N(CC)CCCCc1ccc(CC(=O)N2c3ccccc3NC(=O)c3cc(Cl)ccc32)cc1. The Morgan fingerprint density at radius 1 is 0.927 bits per heavy atom. The molecule has 1 aliphatic heterocycles. The quantitative estimate of drug-likeness (QED) is 0.238. The number of nitrogens with one attached hydrogen (secondary N) is 1. The molecule has 0 fully saturated rings. The van der Waals surface area contributed by atoms with Crippen molar-refractivity contribution in [1.29, 1.82) is 0 Å². The Morgan fingerprint density at radius 3 is 2.34 bits per heavy atom. The number of hydrogen-bond acceptors (Lipinski definition) is 3. The average Bonchev–Trinajstić information content (AvgIpc) is 3.07. The van der Waals surface area contributed by atoms with Crippen molar-refractivity contribution in [3.63, 3.8) is 0 Å². The second-order valence-corrected chi connectivity index (χ2v) is 11.8. The van der Waals surface area contributed by atoms with E-state index < -0.39 is 0 Å². The third-order valence-electron chi connectivity index (χ3n) is 7.73. The van der Waals surface area contributed by atoms with Gasteiger partial charge in [-0.15, -0.1) is 0 Å². The Bertz CT molecular complexity index is 1400. The molecule has 1 heterocycles. The monoisotopic (exact) mass is 573 g/mol. The van der Waals surface area contributed by atoms with Gasteiger partial charge in [0.05, 0.1) is 29.0 Å². The number of nitrogens with zero attached hydrogens (tertiary/aromatic N) is 2. The van der Waals surface area contributed by atoms with Crippen LogP contribution < -0.4 is 10.2 Å². The molecule has 0 aliphatic carbocycles. The fraction of sp³-hybridized carbons (Fsp3) is 0.382. The van der Waals surface area contributed by atoms with Crippen LogP contribution in [0.2, 0.25) is 5.02 Å². The number of halogens is 1. The molecule has 0 bridgehead atoms. The van der Waals surface area contributed by atoms with E-state index in [1.165, 1.54) is 5.56 Å². The van der Waals surface area contributed by atoms with Gasteiger partial charge in [0.1, 0.15) is 0 Å². The zero-order valence-corrected chi connectivity index (χ0v) is 25.3. The van der Waals surface area contributed by atoms with E-state index in [1.54, 1.807) is 29.2 Å². The normalized spacial score (nSPS) is 12.7. The molecule has 1 aliphatic rings. The highest BCUT2D eigenvalue weighted by Crippen LogP contribution is 2.39. The average molecular weight is 574 g/mol. The summed E-state index contributed by atoms with van der Waals surface area (Å²) in [6.45, 7) is 9.77. The van der Waals surface area contributed by atoms with Gasteiger partial charge in [0.2, 0.25) is 11.8 Å². The molecule has 0 unspecified atom stereocenters. The molecule has 3 aromatic rings. The van der Waals surface area contributed by atoms with Crippen molar-refractivity contribution in [2.75, 3.05) is 23.3 Å². The minimum Gasteiger partial charge on any atom is -0.343 e. The third kappa shape index (κ3) is 7.17. The van der Waals surface area contributed by atoms with Crippen LogP contribution in [0.4, 0.5) is 17.1 Å². The molecule has 1 N–H and O–H groups in total. The van der Waals surface area contributed by atoms with E-state index in [0.717, 1.165) is 50.8 Å². The van der Waals surface area contributed by atoms with Gasteiger partial charge in [-0.1, -0.05) is 75.2 Å². The van der Waals surface area contributed by atoms with Crippen molar-refractivity contribution in [2.45, 2.75) is 66.2 Å². The topological polar surface area (TPSA) is 69.7 Å². The predicted octanol–water partition coefficient (Wildman–Crippen LogP) is 7.81. The molecule has 0 spiro atoms. The second-order valence-electron chi connectivity index (χ2n) is 11.3. The standard InChI is InChI=1S/C34H40ClN3O3/c1-5-20-34(3,4)33(41)37(6-2)21-10-9-11-24-14-16-25(17-15-24)22-31(39)38-29-19-18-26(35)23-27(29)32(40)36-28-12-7-8-13-30(28)38/h7-8,12-19,23H,5-6,9-11,20-22H2,1-4H3,(H,36,40). The summed E-state index contributed by atoms with van der Waals surface area (Å²) in [5.74, 6) is -0.194. The number of rotatable bonds is 11. The molecule has 0 atom stereocenters. The van der Waals surface area contributed by atoms with Crippen LogP contribution in [0.3, 0.4) is 0 Å². The molecule has 41 heavy (non-hydrogen) atoms. The Labute approximate surface area is 248 Å². The molecule has 0 saturated heterocycles. The smallest absolute Gasteiger partial charge is 0.257 e. The van der Waals surface area contributed by atoms with Crippen molar-refractivity contribution >= 4 is 46.4 Å². The first-order valence-electron chi connectivity index (χ1n) is 14.5. The summed E-state index contributed by atoms with van der Waals surface area (Å²) in [4.78, 5) is 43.2. The molecule has 0 saturated carbocycles. The van der Waals surface area contributed by atoms with Gasteiger partial charge in [0.15, 0.2) is 0 Å². The first-order chi connectivity index (χ1) is 19.6. The largest absolute Gasteiger partial charge is 0.343 e. The Morgan fingerprint density at radius 2 is 1.63 bits per heavy atom. The molecule has 7 heteroatoms. The van der Waals surface area contributed by atoms with E-state index in [0.29, 0.717) is 27.6 Å². The molecule has 3 aromatic carbocycles. The van der Waals surface area contributed by atoms with Gasteiger partial charge >= 0.3 is 0 Å². The first kappa shape index (κ1) is 30.3. The van der Waals surface area contributed by atoms with Crippen molar-refractivity contribution < 1.29 is 14.4 Å². The fourth-order valence-electron chi connectivity index (χ4n) is 5.52. The van der Waals surface area contributed by atoms with Gasteiger partial charge in [0, 0.05) is 23.5 Å². The van der Waals surface area contributed by atoms with Crippen LogP contribution in [-0.2, 0) is 22.4 Å². The summed E-state index contributed by atoms with van der Waals surface area (Å²) in [6, 6.07) is 20.4. The molecule has 4 rings (SSSR count). The predicted molar refractivity (Wildman–Crippen MR) is 167 cm³/mol. The van der Waals surface area contributed by atoms with Crippen LogP contribution in [0.1, 0.15) is 74.9 Å². The molecule has 216 valence electrons. The number of para-hydroxylation sites is 2. The fourth-order valence-corrected chi connectivity index (χ4v) is 5.69. The lowest BCUT2D eigenvalue weighted by Gasteiger charge is -2.31. The second kappa shape index (κ2) is 13.3. The van der Waals surface area contributed by atoms with E-state index in [9.17, 15) is 14.4 Å². The summed E-state index contributed by atoms with van der Waals surface area (Å²) in [5.41, 5.74) is 3.86. The maximum Gasteiger partial charge on any atom is 0.257 e. The minimum absolute atomic E-state index is 0.138. The van der Waals surface area contributed by atoms with Crippen LogP contribution in [0, 0.1) is 5.41 Å². The number of amides is 3. The number of anilines is 3. The molecular formula is C34H40ClN3O3. The van der Waals surface area contributed by atoms with Gasteiger partial charge in [-0.05, 0) is 74.1 Å². The van der Waals surface area contributed by atoms with Crippen molar-refractivity contribution in [3.05, 3.63) is 88.4 Å². The Kier molecular flexibility index (Phi) is 9.87. The molecular weight excluding hydrogens is 534 g/mol. The van der Waals surface area contributed by atoms with E-state index in [1.807, 2.05) is 56.0 Å². The van der Waals surface area contributed by atoms with E-state index in [2.05, 4.69) is 24.4 Å². The van der Waals surface area contributed by atoms with Crippen LogP contribution in [0.5, 0.6) is 0 Å². The number of aryl methyl sites for hydroxylation is 1. The van der Waals surface area contributed by atoms with Crippen molar-refractivity contribution in [1.82, 2.24) is 4.90 Å². The molecule has 6 nitrogen and oxygen atoms in total. The lowest BCUT2D eigenvalue weighted by molar-refractivity contribution is -0.140. The maximum absolute atomic E-state index is 13.7. The molecule has 0 radical (unpaired) electrons. The zero-order chi connectivity index (χ0) is 29.6. The van der Waals surface area contributed by atoms with E-state index in [4.69, 9.17) is 11.6 Å². The third-order valence-corrected chi connectivity index (χ3v) is 7.97. The lowest BCUT2D eigenvalue weighted by Crippen LogP contribution is -2.41. The van der Waals surface area contributed by atoms with Gasteiger partial charge < -0.3 is 10.2 Å². The number of carbonyl (C=O) groups is 3. The van der Waals surface area contributed by atoms with E-state index in [-0.39, 0.29) is 29.6 Å². The highest BCUT2D eigenvalue weighted by molar-refractivity contribution is 6.31. The van der Waals surface area contributed by atoms with Crippen LogP contribution in [-0.4, -0.2) is 35.7 Å². The highest BCUT2D eigenvalue weighted by atomic mass is 35.5. The summed E-state index contributed by atoms with van der Waals surface area (Å²) in [7, 11) is 0. The first-order valence-corrected chi connectivity index (χ1v) is 14.9. The minimum atomic E-state index is -0.311. The summed E-state index contributed by atoms with van der Waals surface area (Å²) in [6.07, 6.45) is 4.94. The maximum atomic E-state index is 13.7. The van der Waals surface area contributed by atoms with Crippen molar-refractivity contribution in [3.8, 4) is 0 Å². The van der Waals surface area contributed by atoms with Crippen molar-refractivity contribution in [2.24, 2.45) is 5.41 Å². The number of carbonyl (C=O) groups excluding carboxylic acids is 3. The Balaban J connectivity index is 1.39. The zero-order valence-electron chi connectivity index (χ0n) is 24.5. The Hall–Kier alpha value is -3.64. The van der Waals surface area contributed by atoms with Gasteiger partial charge in [-0.3, -0.25) is 19.3 Å². The molecule has 3 amide bonds. The number of hydrogen-bond donors (Lipinski definition) is 1. The van der Waals surface area contributed by atoms with Gasteiger partial charge in [-0.25, -0.2) is 0 Å². The van der Waals surface area contributed by atoms with Crippen LogP contribution in [0.25, 0.3) is 0 Å². The number of unbranched alkanes of at least 4 members (excludes halogenated alkanes) is 1. The molecule has 0 aromatic heterocycles. The van der Waals surface area contributed by atoms with Crippen LogP contribution in [0.15, 0.2) is 66.7 Å². The highest BCUT2D eigenvalue weighted by Gasteiger charge is 2.31.